The highest BCUT2D eigenvalue weighted by Gasteiger charge is 2.17. The van der Waals surface area contributed by atoms with E-state index >= 15 is 0 Å². The topological polar surface area (TPSA) is 60.2 Å². The average molecular weight is 283 g/mol. The Kier molecular flexibility index (Phi) is 6.35. The van der Waals surface area contributed by atoms with Gasteiger partial charge < -0.3 is 5.73 Å². The third-order valence-electron chi connectivity index (χ3n) is 3.27. The molecule has 1 aromatic carbocycles. The third kappa shape index (κ3) is 5.23. The zero-order valence-corrected chi connectivity index (χ0v) is 12.8. The molecule has 0 bridgehead atoms. The summed E-state index contributed by atoms with van der Waals surface area (Å²) in [6.07, 6.45) is 6.45. The van der Waals surface area contributed by atoms with E-state index in [4.69, 9.17) is 5.73 Å². The van der Waals surface area contributed by atoms with E-state index in [1.54, 1.807) is 12.1 Å². The van der Waals surface area contributed by atoms with E-state index in [2.05, 4.69) is 6.92 Å². The second kappa shape index (κ2) is 7.53. The predicted molar refractivity (Wildman–Crippen MR) is 81.0 cm³/mol. The fraction of sp³-hybridized carbons (Fsp3) is 0.600. The molecule has 1 rings (SSSR count). The molecular weight excluding hydrogens is 258 g/mol. The van der Waals surface area contributed by atoms with Crippen molar-refractivity contribution in [1.29, 1.82) is 0 Å². The minimum atomic E-state index is -3.23. The number of nitrogen functional groups attached to an aromatic ring is 1. The van der Waals surface area contributed by atoms with Crippen molar-refractivity contribution in [3.63, 3.8) is 0 Å². The van der Waals surface area contributed by atoms with E-state index in [0.717, 1.165) is 24.8 Å². The lowest BCUT2D eigenvalue weighted by Crippen LogP contribution is -2.09. The van der Waals surface area contributed by atoms with Crippen LogP contribution in [0.15, 0.2) is 23.1 Å². The smallest absolute Gasteiger partial charge is 0.180 e. The Hall–Kier alpha value is -1.03. The summed E-state index contributed by atoms with van der Waals surface area (Å²) in [5.74, 6) is 0.201. The van der Waals surface area contributed by atoms with Gasteiger partial charge in [0.2, 0.25) is 0 Å². The molecule has 0 spiro atoms. The molecule has 0 amide bonds. The maximum Gasteiger partial charge on any atom is 0.180 e. The molecule has 2 N–H and O–H groups in total. The number of aryl methyl sites for hydroxylation is 1. The van der Waals surface area contributed by atoms with E-state index < -0.39 is 9.84 Å². The molecule has 4 heteroatoms. The van der Waals surface area contributed by atoms with Gasteiger partial charge in [0.15, 0.2) is 9.84 Å². The lowest BCUT2D eigenvalue weighted by molar-refractivity contribution is 0.584. The van der Waals surface area contributed by atoms with Crippen molar-refractivity contribution in [2.45, 2.75) is 57.3 Å². The van der Waals surface area contributed by atoms with E-state index in [1.165, 1.54) is 19.3 Å². The predicted octanol–water partition coefficient (Wildman–Crippen LogP) is 3.71. The van der Waals surface area contributed by atoms with Crippen LogP contribution in [0.25, 0.3) is 0 Å². The van der Waals surface area contributed by atoms with Gasteiger partial charge in [-0.05, 0) is 31.0 Å². The number of nitrogens with two attached hydrogens (primary N) is 1. The van der Waals surface area contributed by atoms with Crippen molar-refractivity contribution in [2.75, 3.05) is 11.5 Å². The molecule has 0 aliphatic carbocycles. The second-order valence-corrected chi connectivity index (χ2v) is 7.21. The molecule has 0 fully saturated rings. The maximum atomic E-state index is 12.2. The molecule has 0 aliphatic heterocycles. The van der Waals surface area contributed by atoms with E-state index in [1.807, 2.05) is 13.0 Å². The summed E-state index contributed by atoms with van der Waals surface area (Å²) >= 11 is 0. The van der Waals surface area contributed by atoms with Crippen molar-refractivity contribution in [2.24, 2.45) is 0 Å². The molecule has 3 nitrogen and oxygen atoms in total. The number of sulfone groups is 1. The van der Waals surface area contributed by atoms with Gasteiger partial charge in [0.1, 0.15) is 0 Å². The first-order chi connectivity index (χ1) is 8.97. The van der Waals surface area contributed by atoms with Crippen LogP contribution < -0.4 is 5.73 Å². The van der Waals surface area contributed by atoms with Crippen molar-refractivity contribution in [3.05, 3.63) is 23.8 Å². The van der Waals surface area contributed by atoms with Gasteiger partial charge in [0.05, 0.1) is 16.3 Å². The second-order valence-electron chi connectivity index (χ2n) is 5.13. The van der Waals surface area contributed by atoms with Gasteiger partial charge in [0.25, 0.3) is 0 Å². The highest BCUT2D eigenvalue weighted by molar-refractivity contribution is 7.91. The molecule has 0 radical (unpaired) electrons. The summed E-state index contributed by atoms with van der Waals surface area (Å²) < 4.78 is 24.4. The zero-order chi connectivity index (χ0) is 14.3. The van der Waals surface area contributed by atoms with Crippen LogP contribution in [0.5, 0.6) is 0 Å². The number of hydrogen-bond donors (Lipinski definition) is 1. The summed E-state index contributed by atoms with van der Waals surface area (Å²) in [6.45, 7) is 4.05. The number of hydrogen-bond acceptors (Lipinski definition) is 3. The molecular formula is C15H25NO2S. The van der Waals surface area contributed by atoms with Crippen LogP contribution in [0.1, 0.15) is 51.0 Å². The summed E-state index contributed by atoms with van der Waals surface area (Å²) in [7, 11) is -3.23. The van der Waals surface area contributed by atoms with Crippen LogP contribution in [0.3, 0.4) is 0 Å². The first kappa shape index (κ1) is 16.0. The van der Waals surface area contributed by atoms with Gasteiger partial charge in [-0.2, -0.15) is 0 Å². The molecule has 0 unspecified atom stereocenters. The Morgan fingerprint density at radius 3 is 2.37 bits per heavy atom. The van der Waals surface area contributed by atoms with Crippen LogP contribution in [-0.4, -0.2) is 14.2 Å². The first-order valence-corrected chi connectivity index (χ1v) is 8.71. The summed E-state index contributed by atoms with van der Waals surface area (Å²) in [5.41, 5.74) is 7.05. The maximum absolute atomic E-state index is 12.2. The van der Waals surface area contributed by atoms with E-state index in [9.17, 15) is 8.42 Å². The van der Waals surface area contributed by atoms with Gasteiger partial charge in [-0.1, -0.05) is 45.1 Å². The summed E-state index contributed by atoms with van der Waals surface area (Å²) in [4.78, 5) is 0.293. The quantitative estimate of drug-likeness (QED) is 0.584. The average Bonchev–Trinajstić information content (AvgIpc) is 2.36. The van der Waals surface area contributed by atoms with E-state index in [-0.39, 0.29) is 5.75 Å². The normalized spacial score (nSPS) is 11.7. The van der Waals surface area contributed by atoms with Crippen molar-refractivity contribution in [3.8, 4) is 0 Å². The largest absolute Gasteiger partial charge is 0.398 e. The fourth-order valence-electron chi connectivity index (χ4n) is 2.09. The zero-order valence-electron chi connectivity index (χ0n) is 12.0. The van der Waals surface area contributed by atoms with Gasteiger partial charge >= 0.3 is 0 Å². The van der Waals surface area contributed by atoms with Gasteiger partial charge in [-0.15, -0.1) is 0 Å². The lowest BCUT2D eigenvalue weighted by atomic mass is 10.1. The van der Waals surface area contributed by atoms with Crippen molar-refractivity contribution >= 4 is 15.5 Å². The highest BCUT2D eigenvalue weighted by Crippen LogP contribution is 2.22. The molecule has 0 atom stereocenters. The van der Waals surface area contributed by atoms with Gasteiger partial charge in [-0.3, -0.25) is 0 Å². The minimum Gasteiger partial charge on any atom is -0.398 e. The first-order valence-electron chi connectivity index (χ1n) is 7.06. The molecule has 0 aliphatic rings. The number of rotatable bonds is 8. The van der Waals surface area contributed by atoms with Crippen LogP contribution in [0.4, 0.5) is 5.69 Å². The van der Waals surface area contributed by atoms with Gasteiger partial charge in [0, 0.05) is 0 Å². The Labute approximate surface area is 117 Å². The number of benzene rings is 1. The molecule has 1 aromatic rings. The number of anilines is 1. The summed E-state index contributed by atoms with van der Waals surface area (Å²) in [5, 5.41) is 0. The highest BCUT2D eigenvalue weighted by atomic mass is 32.2. The van der Waals surface area contributed by atoms with Crippen molar-refractivity contribution in [1.82, 2.24) is 0 Å². The number of unbranched alkanes of at least 4 members (excludes halogenated alkanes) is 5. The standard InChI is InChI=1S/C15H25NO2S/c1-3-4-5-6-7-8-11-19(17,18)15-12-13(2)9-10-14(15)16/h9-10,12H,3-8,11,16H2,1-2H3. The fourth-order valence-corrected chi connectivity index (χ4v) is 3.69. The minimum absolute atomic E-state index is 0.201. The summed E-state index contributed by atoms with van der Waals surface area (Å²) in [6, 6.07) is 5.17. The van der Waals surface area contributed by atoms with Crippen LogP contribution in [-0.2, 0) is 9.84 Å². The Morgan fingerprint density at radius 2 is 1.68 bits per heavy atom. The van der Waals surface area contributed by atoms with Crippen LogP contribution >= 0.6 is 0 Å². The molecule has 108 valence electrons. The molecule has 0 heterocycles. The van der Waals surface area contributed by atoms with Crippen molar-refractivity contribution < 1.29 is 8.42 Å². The Balaban J connectivity index is 2.54. The third-order valence-corrected chi connectivity index (χ3v) is 5.12. The monoisotopic (exact) mass is 283 g/mol. The SMILES string of the molecule is CCCCCCCCS(=O)(=O)c1cc(C)ccc1N. The molecule has 0 aromatic heterocycles. The van der Waals surface area contributed by atoms with Crippen LogP contribution in [0.2, 0.25) is 0 Å². The van der Waals surface area contributed by atoms with Gasteiger partial charge in [-0.25, -0.2) is 8.42 Å². The van der Waals surface area contributed by atoms with E-state index in [0.29, 0.717) is 10.6 Å². The molecule has 0 saturated heterocycles. The van der Waals surface area contributed by atoms with Crippen LogP contribution in [0, 0.1) is 6.92 Å². The molecule has 19 heavy (non-hydrogen) atoms. The Morgan fingerprint density at radius 1 is 1.05 bits per heavy atom. The Bertz CT molecular complexity index is 495. The lowest BCUT2D eigenvalue weighted by Gasteiger charge is -2.08. The molecule has 0 saturated carbocycles.